The summed E-state index contributed by atoms with van der Waals surface area (Å²) in [6, 6.07) is 5.17. The van der Waals surface area contributed by atoms with Gasteiger partial charge in [0, 0.05) is 37.0 Å². The zero-order chi connectivity index (χ0) is 27.0. The fourth-order valence-electron chi connectivity index (χ4n) is 4.64. The number of Topliss-reactive ketones (excluding diaryl/α,β-unsaturated/α-hetero) is 1. The van der Waals surface area contributed by atoms with Crippen LogP contribution in [0.5, 0.6) is 5.88 Å². The Labute approximate surface area is 227 Å². The molecule has 2 aliphatic heterocycles. The number of carbonyl (C=O) groups is 1. The largest absolute Gasteiger partial charge is 0.493 e. The third-order valence-electron chi connectivity index (χ3n) is 7.12. The van der Waals surface area contributed by atoms with Crippen molar-refractivity contribution < 1.29 is 9.90 Å². The molecule has 38 heavy (non-hydrogen) atoms. The highest BCUT2D eigenvalue weighted by molar-refractivity contribution is 7.99. The molecule has 0 bridgehead atoms. The van der Waals surface area contributed by atoms with Crippen molar-refractivity contribution in [3.05, 3.63) is 73.2 Å². The van der Waals surface area contributed by atoms with Crippen LogP contribution in [0.15, 0.2) is 50.0 Å². The molecule has 0 spiro atoms. The Morgan fingerprint density at radius 3 is 2.76 bits per heavy atom. The number of aromatic nitrogens is 4. The number of hydrogen-bond donors (Lipinski definition) is 3. The number of aromatic amines is 1. The average molecular weight is 555 g/mol. The lowest BCUT2D eigenvalue weighted by molar-refractivity contribution is 0.0987. The number of rotatable bonds is 7. The highest BCUT2D eigenvalue weighted by Gasteiger charge is 2.30. The van der Waals surface area contributed by atoms with Gasteiger partial charge in [-0.3, -0.25) is 19.0 Å². The van der Waals surface area contributed by atoms with Crippen molar-refractivity contribution >= 4 is 41.2 Å². The number of benzene rings is 1. The third kappa shape index (κ3) is 5.01. The molecule has 4 heterocycles. The summed E-state index contributed by atoms with van der Waals surface area (Å²) in [6.07, 6.45) is 6.85. The van der Waals surface area contributed by atoms with Gasteiger partial charge in [0.25, 0.3) is 11.1 Å². The van der Waals surface area contributed by atoms with Crippen molar-refractivity contribution in [2.24, 2.45) is 11.1 Å². The number of nitrogens with zero attached hydrogens (tertiary/aromatic N) is 4. The van der Waals surface area contributed by atoms with Gasteiger partial charge in [0.1, 0.15) is 11.4 Å². The molecule has 3 aromatic rings. The monoisotopic (exact) mass is 554 g/mol. The van der Waals surface area contributed by atoms with Crippen LogP contribution in [0, 0.1) is 5.41 Å². The fourth-order valence-corrected chi connectivity index (χ4v) is 5.80. The second kappa shape index (κ2) is 10.4. The van der Waals surface area contributed by atoms with Gasteiger partial charge in [0.15, 0.2) is 11.6 Å². The van der Waals surface area contributed by atoms with E-state index in [1.54, 1.807) is 30.5 Å². The quantitative estimate of drug-likeness (QED) is 0.375. The Morgan fingerprint density at radius 2 is 2.05 bits per heavy atom. The van der Waals surface area contributed by atoms with Crippen molar-refractivity contribution in [3.63, 3.8) is 0 Å². The van der Waals surface area contributed by atoms with Gasteiger partial charge < -0.3 is 20.7 Å². The number of allylic oxidation sites excluding steroid dienone is 1. The number of fused-ring (bicyclic) bond motifs is 1. The van der Waals surface area contributed by atoms with E-state index in [4.69, 9.17) is 17.3 Å². The van der Waals surface area contributed by atoms with Crippen molar-refractivity contribution in [3.8, 4) is 5.88 Å². The molecule has 0 aliphatic carbocycles. The molecule has 0 amide bonds. The first kappa shape index (κ1) is 26.2. The molecule has 12 heteroatoms. The van der Waals surface area contributed by atoms with Gasteiger partial charge in [-0.1, -0.05) is 48.5 Å². The molecular formula is C26H27ClN6O4S. The number of ketones is 1. The van der Waals surface area contributed by atoms with Gasteiger partial charge in [-0.25, -0.2) is 4.98 Å². The lowest BCUT2D eigenvalue weighted by atomic mass is 9.80. The Kier molecular flexibility index (Phi) is 7.17. The van der Waals surface area contributed by atoms with Gasteiger partial charge in [-0.15, -0.1) is 0 Å². The molecule has 2 aromatic heterocycles. The molecule has 0 saturated carbocycles. The van der Waals surface area contributed by atoms with E-state index in [-0.39, 0.29) is 23.0 Å². The van der Waals surface area contributed by atoms with E-state index in [1.165, 1.54) is 22.5 Å². The van der Waals surface area contributed by atoms with Crippen LogP contribution >= 0.6 is 23.4 Å². The number of hydrogen-bond acceptors (Lipinski definition) is 9. The molecule has 1 aromatic carbocycles. The summed E-state index contributed by atoms with van der Waals surface area (Å²) in [5.41, 5.74) is 5.18. The summed E-state index contributed by atoms with van der Waals surface area (Å²) in [7, 11) is 0. The topological polar surface area (TPSA) is 147 Å². The summed E-state index contributed by atoms with van der Waals surface area (Å²) in [4.78, 5) is 52.4. The first-order chi connectivity index (χ1) is 18.2. The first-order valence-corrected chi connectivity index (χ1v) is 13.4. The van der Waals surface area contributed by atoms with E-state index in [9.17, 15) is 19.5 Å². The lowest BCUT2D eigenvalue weighted by Gasteiger charge is -2.38. The normalized spacial score (nSPS) is 16.0. The standard InChI is InChI=1S/C26H27ClN6O4S/c1-26(14-28)7-10-32(11-8-26)22-24(36)31-19(13-29-22)38-17-5-2-4-15(21(17)27)12-16(34)20-23(35)30-18-6-3-9-33(18)25(20)37/h2-5,9,13,35H,6-8,10-12,14,28H2,1H3,(H,31,36). The molecule has 198 valence electrons. The van der Waals surface area contributed by atoms with E-state index in [0.29, 0.717) is 58.2 Å². The Morgan fingerprint density at radius 1 is 1.29 bits per heavy atom. The summed E-state index contributed by atoms with van der Waals surface area (Å²) >= 11 is 7.83. The van der Waals surface area contributed by atoms with Gasteiger partial charge >= 0.3 is 0 Å². The van der Waals surface area contributed by atoms with Crippen molar-refractivity contribution in [1.82, 2.24) is 19.5 Å². The lowest BCUT2D eigenvalue weighted by Crippen LogP contribution is -2.44. The molecule has 1 fully saturated rings. The summed E-state index contributed by atoms with van der Waals surface area (Å²) < 4.78 is 1.26. The van der Waals surface area contributed by atoms with Crippen LogP contribution in [0.1, 0.15) is 41.5 Å². The van der Waals surface area contributed by atoms with E-state index in [2.05, 4.69) is 21.9 Å². The number of nitrogens with one attached hydrogen (secondary N) is 1. The number of aromatic hydroxyl groups is 1. The molecule has 2 aliphatic rings. The number of halogens is 1. The molecule has 0 unspecified atom stereocenters. The Balaban J connectivity index is 1.33. The van der Waals surface area contributed by atoms with Crippen LogP contribution in [0.4, 0.5) is 5.82 Å². The maximum Gasteiger partial charge on any atom is 0.291 e. The molecule has 0 radical (unpaired) electrons. The summed E-state index contributed by atoms with van der Waals surface area (Å²) in [6.45, 7) is 4.21. The van der Waals surface area contributed by atoms with Crippen LogP contribution in [0.3, 0.4) is 0 Å². The number of nitrogens with two attached hydrogens (primary N) is 1. The maximum atomic E-state index is 13.0. The van der Waals surface area contributed by atoms with Gasteiger partial charge in [-0.05, 0) is 36.4 Å². The maximum absolute atomic E-state index is 13.0. The third-order valence-corrected chi connectivity index (χ3v) is 8.67. The van der Waals surface area contributed by atoms with Crippen molar-refractivity contribution in [1.29, 1.82) is 0 Å². The second-order valence-corrected chi connectivity index (χ2v) is 11.3. The molecule has 4 N–H and O–H groups in total. The minimum atomic E-state index is -0.613. The smallest absolute Gasteiger partial charge is 0.291 e. The highest BCUT2D eigenvalue weighted by atomic mass is 35.5. The number of piperidine rings is 1. The number of anilines is 1. The first-order valence-electron chi connectivity index (χ1n) is 12.2. The zero-order valence-corrected chi connectivity index (χ0v) is 22.3. The summed E-state index contributed by atoms with van der Waals surface area (Å²) in [5, 5.41) is 11.0. The Hall–Kier alpha value is -3.41. The van der Waals surface area contributed by atoms with Gasteiger partial charge in [0.2, 0.25) is 5.88 Å². The predicted octanol–water partition coefficient (Wildman–Crippen LogP) is 2.85. The van der Waals surface area contributed by atoms with Crippen LogP contribution in [0.2, 0.25) is 5.02 Å². The van der Waals surface area contributed by atoms with E-state index in [0.717, 1.165) is 12.8 Å². The van der Waals surface area contributed by atoms with Gasteiger partial charge in [0.05, 0.1) is 16.2 Å². The minimum Gasteiger partial charge on any atom is -0.493 e. The second-order valence-electron chi connectivity index (χ2n) is 9.82. The average Bonchev–Trinajstić information content (AvgIpc) is 3.36. The SMILES string of the molecule is CC1(CN)CCN(c2ncc(Sc3cccc(CC(=O)c4c(O)nc5n(c4=O)C=CC5)c3Cl)[nH]c2=O)CC1. The van der Waals surface area contributed by atoms with Crippen molar-refractivity contribution in [2.45, 2.75) is 42.5 Å². The number of carbonyl (C=O) groups excluding carboxylic acids is 1. The van der Waals surface area contributed by atoms with Crippen LogP contribution in [-0.2, 0) is 12.8 Å². The molecule has 1 saturated heterocycles. The van der Waals surface area contributed by atoms with Crippen molar-refractivity contribution in [2.75, 3.05) is 24.5 Å². The fraction of sp³-hybridized carbons (Fsp3) is 0.346. The molecule has 0 atom stereocenters. The van der Waals surface area contributed by atoms with Gasteiger partial charge in [-0.2, -0.15) is 4.98 Å². The summed E-state index contributed by atoms with van der Waals surface area (Å²) in [5.74, 6) is -0.417. The zero-order valence-electron chi connectivity index (χ0n) is 20.7. The number of H-pyrrole nitrogens is 1. The van der Waals surface area contributed by atoms with Crippen LogP contribution in [-0.4, -0.2) is 50.0 Å². The predicted molar refractivity (Wildman–Crippen MR) is 146 cm³/mol. The van der Waals surface area contributed by atoms with Crippen LogP contribution < -0.4 is 21.8 Å². The van der Waals surface area contributed by atoms with E-state index < -0.39 is 17.2 Å². The highest BCUT2D eigenvalue weighted by Crippen LogP contribution is 2.35. The Bertz CT molecular complexity index is 1560. The molecular weight excluding hydrogens is 528 g/mol. The van der Waals surface area contributed by atoms with E-state index >= 15 is 0 Å². The molecule has 10 nitrogen and oxygen atoms in total. The minimum absolute atomic E-state index is 0.0864. The van der Waals surface area contributed by atoms with Crippen LogP contribution in [0.25, 0.3) is 6.20 Å². The molecule has 5 rings (SSSR count). The van der Waals surface area contributed by atoms with E-state index in [1.807, 2.05) is 4.90 Å².